The Morgan fingerprint density at radius 1 is 1.42 bits per heavy atom. The van der Waals surface area contributed by atoms with E-state index in [-0.39, 0.29) is 0 Å². The van der Waals surface area contributed by atoms with E-state index < -0.39 is 0 Å². The van der Waals surface area contributed by atoms with Crippen molar-refractivity contribution in [3.63, 3.8) is 0 Å². The fourth-order valence-electron chi connectivity index (χ4n) is 2.17. The summed E-state index contributed by atoms with van der Waals surface area (Å²) in [5.74, 6) is 1.01. The summed E-state index contributed by atoms with van der Waals surface area (Å²) >= 11 is 5.22. The molecule has 0 aliphatic carbocycles. The van der Waals surface area contributed by atoms with Crippen molar-refractivity contribution < 1.29 is 0 Å². The van der Waals surface area contributed by atoms with Gasteiger partial charge in [-0.2, -0.15) is 0 Å². The number of imidazole rings is 1. The molecule has 98 valence electrons. The first-order chi connectivity index (χ1) is 9.20. The van der Waals surface area contributed by atoms with Crippen molar-refractivity contribution >= 4 is 43.7 Å². The molecule has 0 radical (unpaired) electrons. The normalized spacial score (nSPS) is 11.1. The Bertz CT molecular complexity index is 716. The number of anilines is 2. The van der Waals surface area contributed by atoms with E-state index in [9.17, 15) is 0 Å². The van der Waals surface area contributed by atoms with Gasteiger partial charge < -0.3 is 4.90 Å². The van der Waals surface area contributed by atoms with E-state index in [0.717, 1.165) is 21.8 Å². The molecule has 3 nitrogen and oxygen atoms in total. The Morgan fingerprint density at radius 3 is 3.00 bits per heavy atom. The quantitative estimate of drug-likeness (QED) is 0.662. The SMILES string of the molecule is Cc1cccc(N(C)c2nc3sccn3c2CBr)c1. The molecule has 3 aromatic rings. The van der Waals surface area contributed by atoms with Crippen molar-refractivity contribution in [1.82, 2.24) is 9.38 Å². The fourth-order valence-corrected chi connectivity index (χ4v) is 3.42. The van der Waals surface area contributed by atoms with E-state index in [1.165, 1.54) is 11.3 Å². The number of alkyl halides is 1. The van der Waals surface area contributed by atoms with E-state index in [2.05, 4.69) is 75.0 Å². The number of rotatable bonds is 3. The summed E-state index contributed by atoms with van der Waals surface area (Å²) in [4.78, 5) is 7.90. The van der Waals surface area contributed by atoms with E-state index in [4.69, 9.17) is 4.98 Å². The third-order valence-electron chi connectivity index (χ3n) is 3.17. The van der Waals surface area contributed by atoms with Crippen LogP contribution in [0.3, 0.4) is 0 Å². The molecule has 19 heavy (non-hydrogen) atoms. The van der Waals surface area contributed by atoms with Crippen molar-refractivity contribution in [2.75, 3.05) is 11.9 Å². The van der Waals surface area contributed by atoms with Crippen LogP contribution < -0.4 is 4.90 Å². The van der Waals surface area contributed by atoms with Crippen molar-refractivity contribution in [3.05, 3.63) is 47.1 Å². The number of halogens is 1. The summed E-state index contributed by atoms with van der Waals surface area (Å²) in [6.45, 7) is 2.11. The maximum Gasteiger partial charge on any atom is 0.195 e. The lowest BCUT2D eigenvalue weighted by molar-refractivity contribution is 1.08. The monoisotopic (exact) mass is 335 g/mol. The fraction of sp³-hybridized carbons (Fsp3) is 0.214. The van der Waals surface area contributed by atoms with Crippen LogP contribution in [0.5, 0.6) is 0 Å². The second-order valence-electron chi connectivity index (χ2n) is 4.47. The van der Waals surface area contributed by atoms with Gasteiger partial charge in [-0.1, -0.05) is 28.1 Å². The smallest absolute Gasteiger partial charge is 0.195 e. The lowest BCUT2D eigenvalue weighted by Gasteiger charge is -2.18. The number of thiazole rings is 1. The number of hydrogen-bond donors (Lipinski definition) is 0. The predicted molar refractivity (Wildman–Crippen MR) is 84.9 cm³/mol. The highest BCUT2D eigenvalue weighted by Gasteiger charge is 2.16. The molecule has 0 N–H and O–H groups in total. The lowest BCUT2D eigenvalue weighted by atomic mass is 10.2. The molecule has 2 aromatic heterocycles. The van der Waals surface area contributed by atoms with Gasteiger partial charge in [-0.15, -0.1) is 11.3 Å². The third kappa shape index (κ3) is 2.17. The molecule has 0 amide bonds. The van der Waals surface area contributed by atoms with E-state index in [0.29, 0.717) is 0 Å². The topological polar surface area (TPSA) is 20.5 Å². The molecule has 0 saturated heterocycles. The number of aryl methyl sites for hydroxylation is 1. The maximum atomic E-state index is 4.73. The van der Waals surface area contributed by atoms with E-state index >= 15 is 0 Å². The van der Waals surface area contributed by atoms with E-state index in [1.807, 2.05) is 0 Å². The van der Waals surface area contributed by atoms with Gasteiger partial charge in [-0.25, -0.2) is 4.98 Å². The Morgan fingerprint density at radius 2 is 2.26 bits per heavy atom. The molecule has 0 atom stereocenters. The summed E-state index contributed by atoms with van der Waals surface area (Å²) in [5, 5.41) is 2.85. The van der Waals surface area contributed by atoms with Gasteiger partial charge in [0.1, 0.15) is 0 Å². The first-order valence-electron chi connectivity index (χ1n) is 6.01. The minimum atomic E-state index is 0.788. The first kappa shape index (κ1) is 12.7. The van der Waals surface area contributed by atoms with Crippen LogP contribution in [0.2, 0.25) is 0 Å². The van der Waals surface area contributed by atoms with Gasteiger partial charge >= 0.3 is 0 Å². The Balaban J connectivity index is 2.10. The highest BCUT2D eigenvalue weighted by Crippen LogP contribution is 2.30. The van der Waals surface area contributed by atoms with Gasteiger partial charge in [0, 0.05) is 29.6 Å². The van der Waals surface area contributed by atoms with Crippen LogP contribution in [0.4, 0.5) is 11.5 Å². The van der Waals surface area contributed by atoms with Crippen LogP contribution in [0.1, 0.15) is 11.3 Å². The number of aromatic nitrogens is 2. The van der Waals surface area contributed by atoms with Crippen molar-refractivity contribution in [2.24, 2.45) is 0 Å². The van der Waals surface area contributed by atoms with Gasteiger partial charge in [0.25, 0.3) is 0 Å². The molecule has 0 spiro atoms. The molecule has 1 aromatic carbocycles. The van der Waals surface area contributed by atoms with Gasteiger partial charge in [0.05, 0.1) is 5.69 Å². The van der Waals surface area contributed by atoms with Gasteiger partial charge in [-0.3, -0.25) is 4.40 Å². The number of fused-ring (bicyclic) bond motifs is 1. The summed E-state index contributed by atoms with van der Waals surface area (Å²) in [7, 11) is 2.06. The zero-order valence-corrected chi connectivity index (χ0v) is 13.2. The molecular weight excluding hydrogens is 322 g/mol. The average Bonchev–Trinajstić information content (AvgIpc) is 2.97. The highest BCUT2D eigenvalue weighted by molar-refractivity contribution is 9.08. The third-order valence-corrected chi connectivity index (χ3v) is 4.46. The van der Waals surface area contributed by atoms with Crippen molar-refractivity contribution in [2.45, 2.75) is 12.3 Å². The molecule has 5 heteroatoms. The minimum absolute atomic E-state index is 0.788. The van der Waals surface area contributed by atoms with Gasteiger partial charge in [0.15, 0.2) is 10.8 Å². The number of benzene rings is 1. The molecule has 0 fully saturated rings. The molecule has 0 aliphatic rings. The summed E-state index contributed by atoms with van der Waals surface area (Å²) < 4.78 is 2.14. The number of nitrogens with zero attached hydrogens (tertiary/aromatic N) is 3. The van der Waals surface area contributed by atoms with Crippen LogP contribution in [-0.4, -0.2) is 16.4 Å². The maximum absolute atomic E-state index is 4.73. The zero-order valence-electron chi connectivity index (χ0n) is 10.8. The molecule has 0 bridgehead atoms. The van der Waals surface area contributed by atoms with Crippen LogP contribution in [0.15, 0.2) is 35.8 Å². The second kappa shape index (κ2) is 4.98. The minimum Gasteiger partial charge on any atom is -0.328 e. The Hall–Kier alpha value is -1.33. The van der Waals surface area contributed by atoms with Gasteiger partial charge in [0.2, 0.25) is 0 Å². The molecule has 0 saturated carbocycles. The lowest BCUT2D eigenvalue weighted by Crippen LogP contribution is -2.12. The predicted octanol–water partition coefficient (Wildman–Crippen LogP) is 4.37. The van der Waals surface area contributed by atoms with Crippen molar-refractivity contribution in [1.29, 1.82) is 0 Å². The standard InChI is InChI=1S/C14H14BrN3S/c1-10-4-3-5-11(8-10)17(2)13-12(9-15)18-6-7-19-14(18)16-13/h3-8H,9H2,1-2H3. The van der Waals surface area contributed by atoms with Gasteiger partial charge in [-0.05, 0) is 24.6 Å². The van der Waals surface area contributed by atoms with Crippen LogP contribution in [0.25, 0.3) is 4.96 Å². The summed E-state index contributed by atoms with van der Waals surface area (Å²) in [5.41, 5.74) is 3.60. The average molecular weight is 336 g/mol. The second-order valence-corrected chi connectivity index (χ2v) is 5.90. The zero-order chi connectivity index (χ0) is 13.4. The molecule has 3 rings (SSSR count). The first-order valence-corrected chi connectivity index (χ1v) is 8.01. The summed E-state index contributed by atoms with van der Waals surface area (Å²) in [6, 6.07) is 8.46. The molecule has 0 aliphatic heterocycles. The number of hydrogen-bond acceptors (Lipinski definition) is 3. The Kier molecular flexibility index (Phi) is 3.33. The summed E-state index contributed by atoms with van der Waals surface area (Å²) in [6.07, 6.45) is 2.07. The molecule has 0 unspecified atom stereocenters. The Labute approximate surface area is 124 Å². The van der Waals surface area contributed by atoms with Crippen LogP contribution >= 0.6 is 27.3 Å². The largest absolute Gasteiger partial charge is 0.328 e. The van der Waals surface area contributed by atoms with Crippen LogP contribution in [0, 0.1) is 6.92 Å². The van der Waals surface area contributed by atoms with Crippen molar-refractivity contribution in [3.8, 4) is 0 Å². The molecular formula is C14H14BrN3S. The molecule has 2 heterocycles. The van der Waals surface area contributed by atoms with Crippen LogP contribution in [-0.2, 0) is 5.33 Å². The highest BCUT2D eigenvalue weighted by atomic mass is 79.9. The van der Waals surface area contributed by atoms with E-state index in [1.54, 1.807) is 11.3 Å².